The Morgan fingerprint density at radius 1 is 1.20 bits per heavy atom. The molecule has 0 saturated carbocycles. The van der Waals surface area contributed by atoms with Gasteiger partial charge in [-0.1, -0.05) is 12.1 Å². The molecule has 1 aromatic heterocycles. The molecule has 0 bridgehead atoms. The van der Waals surface area contributed by atoms with Gasteiger partial charge in [-0.25, -0.2) is 4.98 Å². The number of aromatic nitrogens is 1. The van der Waals surface area contributed by atoms with Gasteiger partial charge in [0.1, 0.15) is 0 Å². The molecule has 1 amide bonds. The molecule has 2 rings (SSSR count). The number of nitrogen functional groups attached to an aromatic ring is 1. The van der Waals surface area contributed by atoms with Gasteiger partial charge < -0.3 is 11.1 Å². The number of nitrogens with one attached hydrogen (secondary N) is 1. The lowest BCUT2D eigenvalue weighted by atomic mass is 9.83. The van der Waals surface area contributed by atoms with Gasteiger partial charge in [0.25, 0.3) is 0 Å². The molecule has 0 atom stereocenters. The normalized spacial score (nSPS) is 11.2. The summed E-state index contributed by atoms with van der Waals surface area (Å²) in [6, 6.07) is 9.81. The maximum absolute atomic E-state index is 12.7. The van der Waals surface area contributed by atoms with Gasteiger partial charge in [-0.15, -0.1) is 0 Å². The SMILES string of the molecule is CC(C)(C(=O)Nc1ccc(F)nc1)c1ccc(N)cc1. The standard InChI is InChI=1S/C15H16FN3O/c1-15(2,10-3-5-11(17)6-4-10)14(20)19-12-7-8-13(16)18-9-12/h3-9H,17H2,1-2H3,(H,19,20). The highest BCUT2D eigenvalue weighted by atomic mass is 19.1. The Morgan fingerprint density at radius 3 is 2.40 bits per heavy atom. The molecular formula is C15H16FN3O. The van der Waals surface area contributed by atoms with Gasteiger partial charge in [0.15, 0.2) is 0 Å². The molecule has 0 saturated heterocycles. The molecular weight excluding hydrogens is 257 g/mol. The zero-order valence-electron chi connectivity index (χ0n) is 11.4. The Bertz CT molecular complexity index is 606. The minimum absolute atomic E-state index is 0.198. The first-order chi connectivity index (χ1) is 9.39. The molecule has 1 heterocycles. The van der Waals surface area contributed by atoms with E-state index in [2.05, 4.69) is 10.3 Å². The number of pyridine rings is 1. The fourth-order valence-corrected chi connectivity index (χ4v) is 1.77. The van der Waals surface area contributed by atoms with Crippen molar-refractivity contribution in [2.75, 3.05) is 11.1 Å². The number of anilines is 2. The number of halogens is 1. The molecule has 4 nitrogen and oxygen atoms in total. The minimum atomic E-state index is -0.734. The fraction of sp³-hybridized carbons (Fsp3) is 0.200. The third-order valence-electron chi connectivity index (χ3n) is 3.19. The van der Waals surface area contributed by atoms with Crippen LogP contribution < -0.4 is 11.1 Å². The third-order valence-corrected chi connectivity index (χ3v) is 3.19. The van der Waals surface area contributed by atoms with Crippen LogP contribution in [0, 0.1) is 5.95 Å². The second kappa shape index (κ2) is 5.28. The van der Waals surface area contributed by atoms with E-state index < -0.39 is 11.4 Å². The molecule has 1 aromatic carbocycles. The Balaban J connectivity index is 2.18. The summed E-state index contributed by atoms with van der Waals surface area (Å²) in [5, 5.41) is 2.72. The van der Waals surface area contributed by atoms with Crippen LogP contribution in [-0.4, -0.2) is 10.9 Å². The van der Waals surface area contributed by atoms with Gasteiger partial charge >= 0.3 is 0 Å². The van der Waals surface area contributed by atoms with Crippen molar-refractivity contribution in [3.05, 3.63) is 54.1 Å². The zero-order chi connectivity index (χ0) is 14.8. The van der Waals surface area contributed by atoms with Crippen LogP contribution in [-0.2, 0) is 10.2 Å². The van der Waals surface area contributed by atoms with Gasteiger partial charge in [-0.2, -0.15) is 4.39 Å². The van der Waals surface area contributed by atoms with Crippen LogP contribution in [0.25, 0.3) is 0 Å². The number of rotatable bonds is 3. The average molecular weight is 273 g/mol. The van der Waals surface area contributed by atoms with E-state index in [4.69, 9.17) is 5.73 Å². The number of benzene rings is 1. The van der Waals surface area contributed by atoms with Crippen molar-refractivity contribution in [2.24, 2.45) is 0 Å². The largest absolute Gasteiger partial charge is 0.399 e. The number of nitrogens with two attached hydrogens (primary N) is 1. The van der Waals surface area contributed by atoms with Crippen molar-refractivity contribution < 1.29 is 9.18 Å². The molecule has 2 aromatic rings. The van der Waals surface area contributed by atoms with Crippen molar-refractivity contribution in [2.45, 2.75) is 19.3 Å². The highest BCUT2D eigenvalue weighted by molar-refractivity contribution is 5.98. The molecule has 0 spiro atoms. The van der Waals surface area contributed by atoms with E-state index in [-0.39, 0.29) is 5.91 Å². The van der Waals surface area contributed by atoms with Crippen molar-refractivity contribution in [3.8, 4) is 0 Å². The molecule has 20 heavy (non-hydrogen) atoms. The van der Waals surface area contributed by atoms with Crippen molar-refractivity contribution >= 4 is 17.3 Å². The maximum atomic E-state index is 12.7. The van der Waals surface area contributed by atoms with Crippen LogP contribution in [0.4, 0.5) is 15.8 Å². The molecule has 0 aliphatic carbocycles. The summed E-state index contributed by atoms with van der Waals surface area (Å²) in [7, 11) is 0. The van der Waals surface area contributed by atoms with E-state index in [1.165, 1.54) is 18.3 Å². The lowest BCUT2D eigenvalue weighted by molar-refractivity contribution is -0.120. The highest BCUT2D eigenvalue weighted by Gasteiger charge is 2.29. The molecule has 0 unspecified atom stereocenters. The number of amides is 1. The smallest absolute Gasteiger partial charge is 0.234 e. The number of hydrogen-bond acceptors (Lipinski definition) is 3. The maximum Gasteiger partial charge on any atom is 0.234 e. The van der Waals surface area contributed by atoms with E-state index in [0.29, 0.717) is 11.4 Å². The number of carbonyl (C=O) groups is 1. The summed E-state index contributed by atoms with van der Waals surface area (Å²) in [5.74, 6) is -0.781. The average Bonchev–Trinajstić information content (AvgIpc) is 2.42. The predicted molar refractivity (Wildman–Crippen MR) is 76.7 cm³/mol. The van der Waals surface area contributed by atoms with E-state index in [0.717, 1.165) is 5.56 Å². The van der Waals surface area contributed by atoms with Crippen LogP contribution in [0.5, 0.6) is 0 Å². The van der Waals surface area contributed by atoms with Gasteiger partial charge in [0.05, 0.1) is 17.3 Å². The van der Waals surface area contributed by atoms with E-state index in [1.54, 1.807) is 12.1 Å². The quantitative estimate of drug-likeness (QED) is 0.667. The first-order valence-corrected chi connectivity index (χ1v) is 6.18. The van der Waals surface area contributed by atoms with Crippen LogP contribution >= 0.6 is 0 Å². The lowest BCUT2D eigenvalue weighted by Crippen LogP contribution is -2.34. The predicted octanol–water partition coefficient (Wildman–Crippen LogP) is 2.72. The van der Waals surface area contributed by atoms with Gasteiger partial charge in [-0.05, 0) is 43.7 Å². The Labute approximate surface area is 116 Å². The summed E-state index contributed by atoms with van der Waals surface area (Å²) < 4.78 is 12.7. The Hall–Kier alpha value is -2.43. The molecule has 5 heteroatoms. The molecule has 3 N–H and O–H groups in total. The number of carbonyl (C=O) groups excluding carboxylic acids is 1. The lowest BCUT2D eigenvalue weighted by Gasteiger charge is -2.24. The second-order valence-electron chi connectivity index (χ2n) is 5.07. The number of hydrogen-bond donors (Lipinski definition) is 2. The summed E-state index contributed by atoms with van der Waals surface area (Å²) in [6.45, 7) is 3.62. The molecule has 0 fully saturated rings. The molecule has 0 radical (unpaired) electrons. The van der Waals surface area contributed by atoms with E-state index >= 15 is 0 Å². The van der Waals surface area contributed by atoms with Crippen molar-refractivity contribution in [1.82, 2.24) is 4.98 Å². The van der Waals surface area contributed by atoms with Gasteiger partial charge in [0, 0.05) is 5.69 Å². The molecule has 0 aliphatic heterocycles. The van der Waals surface area contributed by atoms with E-state index in [9.17, 15) is 9.18 Å². The summed E-state index contributed by atoms with van der Waals surface area (Å²) in [4.78, 5) is 15.8. The fourth-order valence-electron chi connectivity index (χ4n) is 1.77. The molecule has 0 aliphatic rings. The molecule has 104 valence electrons. The zero-order valence-corrected chi connectivity index (χ0v) is 11.4. The van der Waals surface area contributed by atoms with Crippen LogP contribution in [0.3, 0.4) is 0 Å². The first kappa shape index (κ1) is 14.0. The summed E-state index contributed by atoms with van der Waals surface area (Å²) in [5.41, 5.74) is 6.86. The van der Waals surface area contributed by atoms with Crippen molar-refractivity contribution in [1.29, 1.82) is 0 Å². The topological polar surface area (TPSA) is 68.0 Å². The van der Waals surface area contributed by atoms with Gasteiger partial charge in [-0.3, -0.25) is 4.79 Å². The minimum Gasteiger partial charge on any atom is -0.399 e. The summed E-state index contributed by atoms with van der Waals surface area (Å²) >= 11 is 0. The first-order valence-electron chi connectivity index (χ1n) is 6.18. The summed E-state index contributed by atoms with van der Waals surface area (Å²) in [6.07, 6.45) is 1.28. The Morgan fingerprint density at radius 2 is 1.85 bits per heavy atom. The highest BCUT2D eigenvalue weighted by Crippen LogP contribution is 2.25. The van der Waals surface area contributed by atoms with Gasteiger partial charge in [0.2, 0.25) is 11.9 Å². The second-order valence-corrected chi connectivity index (χ2v) is 5.07. The Kier molecular flexibility index (Phi) is 3.70. The van der Waals surface area contributed by atoms with Crippen LogP contribution in [0.2, 0.25) is 0 Å². The number of nitrogens with zero attached hydrogens (tertiary/aromatic N) is 1. The van der Waals surface area contributed by atoms with Crippen molar-refractivity contribution in [3.63, 3.8) is 0 Å². The monoisotopic (exact) mass is 273 g/mol. The third kappa shape index (κ3) is 2.93. The van der Waals surface area contributed by atoms with Crippen LogP contribution in [0.15, 0.2) is 42.6 Å². The van der Waals surface area contributed by atoms with E-state index in [1.807, 2.05) is 26.0 Å². The van der Waals surface area contributed by atoms with Crippen LogP contribution in [0.1, 0.15) is 19.4 Å².